The summed E-state index contributed by atoms with van der Waals surface area (Å²) in [7, 11) is 0. The Morgan fingerprint density at radius 2 is 0.888 bits per heavy atom. The molecule has 9 aliphatic rings. The number of fused-ring (bicyclic) bond motifs is 11. The second-order valence-corrected chi connectivity index (χ2v) is 26.6. The third kappa shape index (κ3) is 27.8. The van der Waals surface area contributed by atoms with E-state index in [2.05, 4.69) is 212 Å². The second kappa shape index (κ2) is 50.6. The average molecular weight is 1480 g/mol. The number of thiazole rings is 2. The lowest BCUT2D eigenvalue weighted by atomic mass is 10.0. The number of aliphatic imine (C=N–C) groups is 1. The Labute approximate surface area is 653 Å². The number of allylic oxidation sites excluding steroid dienone is 1. The van der Waals surface area contributed by atoms with Crippen LogP contribution in [0.3, 0.4) is 0 Å². The molecule has 0 saturated carbocycles. The highest BCUT2D eigenvalue weighted by Crippen LogP contribution is 2.26. The first kappa shape index (κ1) is 93.2. The summed E-state index contributed by atoms with van der Waals surface area (Å²) in [4.78, 5) is 35.6. The first-order valence-corrected chi connectivity index (χ1v) is 36.6. The summed E-state index contributed by atoms with van der Waals surface area (Å²) in [6, 6.07) is 62.7. The number of hydrogen-bond donors (Lipinski definition) is 5. The Morgan fingerprint density at radius 3 is 1.45 bits per heavy atom. The molecule has 1 fully saturated rings. The van der Waals surface area contributed by atoms with Crippen LogP contribution >= 0.6 is 22.7 Å². The molecular formula is C93H130N12S2. The van der Waals surface area contributed by atoms with Crippen LogP contribution in [0.25, 0.3) is 38.9 Å². The summed E-state index contributed by atoms with van der Waals surface area (Å²) < 4.78 is 2.21. The number of aryl methyl sites for hydroxylation is 8. The van der Waals surface area contributed by atoms with Crippen LogP contribution in [-0.4, -0.2) is 76.4 Å². The van der Waals surface area contributed by atoms with Crippen molar-refractivity contribution >= 4 is 78.8 Å². The van der Waals surface area contributed by atoms with Gasteiger partial charge in [-0.25, -0.2) is 24.9 Å². The van der Waals surface area contributed by atoms with Crippen LogP contribution in [0.2, 0.25) is 0 Å². The highest BCUT2D eigenvalue weighted by Gasteiger charge is 2.18. The number of aromatic nitrogens is 8. The molecule has 0 unspecified atom stereocenters. The van der Waals surface area contributed by atoms with E-state index in [4.69, 9.17) is 0 Å². The minimum Gasteiger partial charge on any atom is -0.384 e. The molecule has 0 radical (unpaired) electrons. The fraction of sp³-hybridized carbons (Fsp3) is 0.344. The Balaban J connectivity index is 0.000000396. The molecular weight excluding hydrogens is 1350 g/mol. The molecule has 6 aromatic heterocycles. The average Bonchev–Trinajstić information content (AvgIpc) is 1.73. The first-order valence-electron chi connectivity index (χ1n) is 34.8. The molecule has 0 atom stereocenters. The Bertz CT molecular complexity index is 4030. The van der Waals surface area contributed by atoms with Crippen molar-refractivity contribution < 1.29 is 0 Å². The van der Waals surface area contributed by atoms with Gasteiger partial charge in [0.25, 0.3) is 0 Å². The lowest BCUT2D eigenvalue weighted by Crippen LogP contribution is -2.26. The zero-order chi connectivity index (χ0) is 65.7. The standard InChI is InChI=1S/C9H10.C9H8.2C8H9N.2C8H7N.C7H10N2.C7H6N2.C7H9NS.C6H8N2.C6H7NS.10CH4/c2*1-2-5-9-7-3-6-8(9)4-1;4*1-2-4-8-7(3-1)5-6-9-8;1-3-7-8-4-2-6-9(7)5-1;2*1-2-4-7-6(3-1)8-5-9-7;1-2-6-7-3-5-8(6)4-1;1-2-5-6(3-1)8-4-7-5;;;;;;;;;;/h1-2,4-5H,3,6-7H2;1-6H,7H2;2*1-4,9H,5-6H2;2*1-6,9H;2,4H,1,3,5-6H2;1-5H,(H,8,9);5H,1-4H2;3,5H,1-2,4H2;4H,1-3H2;10*1H4. The highest BCUT2D eigenvalue weighted by molar-refractivity contribution is 7.10. The summed E-state index contributed by atoms with van der Waals surface area (Å²) >= 11 is 3.62. The van der Waals surface area contributed by atoms with Crippen molar-refractivity contribution in [2.24, 2.45) is 4.99 Å². The lowest BCUT2D eigenvalue weighted by Gasteiger charge is -2.18. The van der Waals surface area contributed by atoms with E-state index in [-0.39, 0.29) is 74.3 Å². The molecule has 574 valence electrons. The van der Waals surface area contributed by atoms with E-state index in [0.29, 0.717) is 0 Å². The van der Waals surface area contributed by atoms with Gasteiger partial charge in [0, 0.05) is 109 Å². The van der Waals surface area contributed by atoms with E-state index in [9.17, 15) is 0 Å². The summed E-state index contributed by atoms with van der Waals surface area (Å²) in [5, 5.41) is 9.15. The normalized spacial score (nSPS) is 13.5. The molecule has 5 aliphatic heterocycles. The number of nitrogens with zero attached hydrogens (tertiary/aromatic N) is 7. The molecule has 0 bridgehead atoms. The van der Waals surface area contributed by atoms with E-state index in [1.807, 2.05) is 102 Å². The smallest absolute Gasteiger partial charge is 0.108 e. The van der Waals surface area contributed by atoms with Gasteiger partial charge in [-0.15, -0.1) is 22.7 Å². The number of para-hydroxylation sites is 6. The number of aromatic amines is 3. The van der Waals surface area contributed by atoms with Crippen LogP contribution in [0.4, 0.5) is 11.4 Å². The van der Waals surface area contributed by atoms with Crippen molar-refractivity contribution in [1.82, 2.24) is 44.4 Å². The minimum absolute atomic E-state index is 0. The largest absolute Gasteiger partial charge is 0.384 e. The molecule has 107 heavy (non-hydrogen) atoms. The van der Waals surface area contributed by atoms with Crippen LogP contribution in [0.15, 0.2) is 247 Å². The number of nitrogens with one attached hydrogen (secondary N) is 5. The van der Waals surface area contributed by atoms with Crippen molar-refractivity contribution in [2.45, 2.75) is 190 Å². The van der Waals surface area contributed by atoms with Crippen molar-refractivity contribution in [1.29, 1.82) is 0 Å². The molecule has 5 N–H and O–H groups in total. The van der Waals surface area contributed by atoms with Gasteiger partial charge in [0.15, 0.2) is 0 Å². The topological polar surface area (TPSA) is 144 Å². The predicted octanol–water partition coefficient (Wildman–Crippen LogP) is 25.5. The zero-order valence-corrected chi connectivity index (χ0v) is 57.3. The van der Waals surface area contributed by atoms with Crippen LogP contribution in [0.5, 0.6) is 0 Å². The number of amidine groups is 1. The molecule has 22 rings (SSSR count). The van der Waals surface area contributed by atoms with Gasteiger partial charge in [-0.3, -0.25) is 0 Å². The summed E-state index contributed by atoms with van der Waals surface area (Å²) in [6.07, 6.45) is 39.3. The van der Waals surface area contributed by atoms with Crippen LogP contribution in [0.1, 0.15) is 180 Å². The van der Waals surface area contributed by atoms with E-state index >= 15 is 0 Å². The molecule has 1 saturated heterocycles. The Hall–Kier alpha value is -9.89. The van der Waals surface area contributed by atoms with Crippen molar-refractivity contribution in [3.63, 3.8) is 0 Å². The molecule has 12 nitrogen and oxygen atoms in total. The number of H-pyrrole nitrogens is 3. The summed E-state index contributed by atoms with van der Waals surface area (Å²) in [6.45, 7) is 5.69. The maximum absolute atomic E-state index is 4.28. The van der Waals surface area contributed by atoms with Crippen LogP contribution in [0, 0.1) is 0 Å². The van der Waals surface area contributed by atoms with E-state index < -0.39 is 0 Å². The van der Waals surface area contributed by atoms with E-state index in [0.717, 1.165) is 37.1 Å². The molecule has 11 heterocycles. The monoisotopic (exact) mass is 1480 g/mol. The first-order chi connectivity index (χ1) is 48.1. The highest BCUT2D eigenvalue weighted by atomic mass is 32.1. The van der Waals surface area contributed by atoms with Gasteiger partial charge in [-0.2, -0.15) is 0 Å². The maximum atomic E-state index is 4.28. The van der Waals surface area contributed by atoms with E-state index in [1.165, 1.54) is 204 Å². The van der Waals surface area contributed by atoms with Gasteiger partial charge in [-0.1, -0.05) is 220 Å². The van der Waals surface area contributed by atoms with Crippen LogP contribution < -0.4 is 10.6 Å². The van der Waals surface area contributed by atoms with Crippen molar-refractivity contribution in [2.75, 3.05) is 36.8 Å². The Morgan fingerprint density at radius 1 is 0.383 bits per heavy atom. The minimum atomic E-state index is 0. The van der Waals surface area contributed by atoms with E-state index in [1.54, 1.807) is 28.8 Å². The fourth-order valence-corrected chi connectivity index (χ4v) is 14.7. The number of rotatable bonds is 0. The lowest BCUT2D eigenvalue weighted by molar-refractivity contribution is 0.497. The maximum Gasteiger partial charge on any atom is 0.108 e. The van der Waals surface area contributed by atoms with Gasteiger partial charge in [0.2, 0.25) is 0 Å². The number of anilines is 2. The molecule has 7 aromatic carbocycles. The van der Waals surface area contributed by atoms with Gasteiger partial charge in [-0.05, 0) is 195 Å². The number of imidazole rings is 2. The third-order valence-electron chi connectivity index (χ3n) is 18.2. The molecule has 13 aromatic rings. The fourth-order valence-electron chi connectivity index (χ4n) is 13.0. The van der Waals surface area contributed by atoms with Crippen molar-refractivity contribution in [3.05, 3.63) is 303 Å². The van der Waals surface area contributed by atoms with Gasteiger partial charge >= 0.3 is 0 Å². The summed E-state index contributed by atoms with van der Waals surface area (Å²) in [5.74, 6) is 2.54. The van der Waals surface area contributed by atoms with Gasteiger partial charge in [0.05, 0.1) is 39.8 Å². The second-order valence-electron chi connectivity index (χ2n) is 24.8. The van der Waals surface area contributed by atoms with Gasteiger partial charge in [0.1, 0.15) is 11.7 Å². The summed E-state index contributed by atoms with van der Waals surface area (Å²) in [5.41, 5.74) is 22.7. The van der Waals surface area contributed by atoms with Gasteiger partial charge < -0.3 is 35.1 Å². The quantitative estimate of drug-likeness (QED) is 0.102. The number of benzene rings is 7. The molecule has 0 amide bonds. The van der Waals surface area contributed by atoms with Crippen molar-refractivity contribution in [3.8, 4) is 0 Å². The molecule has 4 aliphatic carbocycles. The molecule has 0 spiro atoms. The zero-order valence-electron chi connectivity index (χ0n) is 55.7. The third-order valence-corrected chi connectivity index (χ3v) is 20.1. The SMILES string of the molecule is C.C.C.C.C.C.C.C.C.C.C1=CN=C2CCCN2C1.C1=Cc2ccccc2C1.c1ccc2[nH]ccc2c1.c1ccc2[nH]ccc2c1.c1ccc2[nH]cnc2c1.c1ccc2c(c1)CCC2.c1ccc2c(c1)CCN2.c1ccc2c(c1)CCN2.c1cn2c(n1)CCC2.c1nc2c(s1)CCC2.c1nc2c(s1)CCCC2. The Kier molecular flexibility index (Phi) is 44.0. The molecule has 14 heteroatoms. The number of hydrogen-bond acceptors (Lipinski definition) is 10. The van der Waals surface area contributed by atoms with Crippen LogP contribution in [-0.2, 0) is 70.8 Å². The predicted molar refractivity (Wildman–Crippen MR) is 476 cm³/mol.